The van der Waals surface area contributed by atoms with Crippen molar-refractivity contribution in [1.29, 1.82) is 0 Å². The highest BCUT2D eigenvalue weighted by Crippen LogP contribution is 2.25. The van der Waals surface area contributed by atoms with Crippen molar-refractivity contribution < 1.29 is 19.5 Å². The number of benzene rings is 3. The van der Waals surface area contributed by atoms with Crippen LogP contribution in [0.3, 0.4) is 0 Å². The molecule has 0 aliphatic carbocycles. The lowest BCUT2D eigenvalue weighted by molar-refractivity contribution is -0.123. The molecule has 32 heavy (non-hydrogen) atoms. The number of anilines is 1. The van der Waals surface area contributed by atoms with Gasteiger partial charge in [0, 0.05) is 24.3 Å². The van der Waals surface area contributed by atoms with Crippen LogP contribution in [0.25, 0.3) is 10.8 Å². The molecule has 0 spiro atoms. The van der Waals surface area contributed by atoms with Crippen molar-refractivity contribution in [1.82, 2.24) is 10.2 Å². The number of carbonyl (C=O) groups is 3. The lowest BCUT2D eigenvalue weighted by Gasteiger charge is -2.35. The van der Waals surface area contributed by atoms with E-state index in [2.05, 4.69) is 10.6 Å². The predicted molar refractivity (Wildman–Crippen MR) is 123 cm³/mol. The van der Waals surface area contributed by atoms with Crippen molar-refractivity contribution in [3.8, 4) is 0 Å². The Hall–Kier alpha value is -3.87. The van der Waals surface area contributed by atoms with E-state index < -0.39 is 6.09 Å². The number of hydrogen-bond donors (Lipinski definition) is 3. The minimum absolute atomic E-state index is 0.183. The maximum absolute atomic E-state index is 13.0. The third-order valence-electron chi connectivity index (χ3n) is 5.91. The van der Waals surface area contributed by atoms with Crippen LogP contribution in [0.2, 0.25) is 0 Å². The Balaban J connectivity index is 1.46. The summed E-state index contributed by atoms with van der Waals surface area (Å²) >= 11 is 0. The highest BCUT2D eigenvalue weighted by molar-refractivity contribution is 5.99. The molecule has 3 aromatic carbocycles. The quantitative estimate of drug-likeness (QED) is 0.564. The Morgan fingerprint density at radius 2 is 1.75 bits per heavy atom. The van der Waals surface area contributed by atoms with Gasteiger partial charge in [0.25, 0.3) is 5.91 Å². The van der Waals surface area contributed by atoms with Gasteiger partial charge in [-0.25, -0.2) is 4.79 Å². The molecule has 1 aliphatic rings. The predicted octanol–water partition coefficient (Wildman–Crippen LogP) is 4.19. The third kappa shape index (κ3) is 4.27. The SMILES string of the molecule is Cc1ccc(NC(=O)C2CN(C(=O)O)C2)cc1C(=O)NC(C)c1cccc2ccccc12. The molecule has 3 N–H and O–H groups in total. The van der Waals surface area contributed by atoms with E-state index in [0.29, 0.717) is 11.3 Å². The second-order valence-electron chi connectivity index (χ2n) is 8.17. The van der Waals surface area contributed by atoms with Gasteiger partial charge >= 0.3 is 6.09 Å². The van der Waals surface area contributed by atoms with Crippen molar-refractivity contribution >= 4 is 34.4 Å². The second kappa shape index (κ2) is 8.70. The van der Waals surface area contributed by atoms with Crippen LogP contribution in [-0.2, 0) is 4.79 Å². The molecule has 164 valence electrons. The van der Waals surface area contributed by atoms with E-state index in [0.717, 1.165) is 21.9 Å². The van der Waals surface area contributed by atoms with Gasteiger partial charge < -0.3 is 20.6 Å². The third-order valence-corrected chi connectivity index (χ3v) is 5.91. The number of nitrogens with zero attached hydrogens (tertiary/aromatic N) is 1. The van der Waals surface area contributed by atoms with Gasteiger partial charge in [-0.05, 0) is 47.9 Å². The van der Waals surface area contributed by atoms with Crippen LogP contribution in [0.1, 0.15) is 34.5 Å². The molecule has 0 aromatic heterocycles. The standard InChI is InChI=1S/C25H25N3O4/c1-15-10-11-19(27-23(29)18-13-28(14-18)25(31)32)12-22(15)24(30)26-16(2)20-9-5-7-17-6-3-4-8-21(17)20/h3-12,16,18H,13-14H2,1-2H3,(H,26,30)(H,27,29)(H,31,32). The highest BCUT2D eigenvalue weighted by Gasteiger charge is 2.35. The summed E-state index contributed by atoms with van der Waals surface area (Å²) in [5, 5.41) is 17.0. The summed E-state index contributed by atoms with van der Waals surface area (Å²) in [4.78, 5) is 37.5. The Labute approximate surface area is 186 Å². The summed E-state index contributed by atoms with van der Waals surface area (Å²) < 4.78 is 0. The lowest BCUT2D eigenvalue weighted by atomic mass is 9.98. The van der Waals surface area contributed by atoms with Gasteiger partial charge in [0.2, 0.25) is 5.91 Å². The van der Waals surface area contributed by atoms with Gasteiger partial charge in [-0.1, -0.05) is 48.5 Å². The number of fused-ring (bicyclic) bond motifs is 1. The molecule has 1 unspecified atom stereocenters. The Morgan fingerprint density at radius 3 is 2.50 bits per heavy atom. The highest BCUT2D eigenvalue weighted by atomic mass is 16.4. The van der Waals surface area contributed by atoms with Crippen LogP contribution in [0.15, 0.2) is 60.7 Å². The molecular formula is C25H25N3O4. The topological polar surface area (TPSA) is 98.7 Å². The van der Waals surface area contributed by atoms with Crippen LogP contribution < -0.4 is 10.6 Å². The summed E-state index contributed by atoms with van der Waals surface area (Å²) in [6.45, 7) is 4.16. The molecule has 0 radical (unpaired) electrons. The van der Waals surface area contributed by atoms with E-state index in [9.17, 15) is 14.4 Å². The summed E-state index contributed by atoms with van der Waals surface area (Å²) in [7, 11) is 0. The van der Waals surface area contributed by atoms with Crippen LogP contribution in [0.4, 0.5) is 10.5 Å². The maximum Gasteiger partial charge on any atom is 0.407 e. The molecule has 0 saturated carbocycles. The van der Waals surface area contributed by atoms with E-state index in [1.165, 1.54) is 4.90 Å². The molecule has 7 nitrogen and oxygen atoms in total. The monoisotopic (exact) mass is 431 g/mol. The molecule has 3 amide bonds. The van der Waals surface area contributed by atoms with Crippen molar-refractivity contribution in [3.63, 3.8) is 0 Å². The van der Waals surface area contributed by atoms with Gasteiger partial charge in [0.05, 0.1) is 12.0 Å². The van der Waals surface area contributed by atoms with Gasteiger partial charge in [-0.2, -0.15) is 0 Å². The number of likely N-dealkylation sites (tertiary alicyclic amines) is 1. The zero-order chi connectivity index (χ0) is 22.8. The number of aryl methyl sites for hydroxylation is 1. The van der Waals surface area contributed by atoms with Crippen LogP contribution in [0.5, 0.6) is 0 Å². The smallest absolute Gasteiger partial charge is 0.407 e. The molecule has 1 heterocycles. The second-order valence-corrected chi connectivity index (χ2v) is 8.17. The number of carboxylic acid groups (broad SMARTS) is 1. The fourth-order valence-electron chi connectivity index (χ4n) is 3.97. The molecule has 1 atom stereocenters. The summed E-state index contributed by atoms with van der Waals surface area (Å²) in [5.41, 5.74) is 2.82. The largest absolute Gasteiger partial charge is 0.465 e. The lowest BCUT2D eigenvalue weighted by Crippen LogP contribution is -2.53. The maximum atomic E-state index is 13.0. The molecule has 1 aliphatic heterocycles. The van der Waals surface area contributed by atoms with Crippen molar-refractivity contribution in [2.24, 2.45) is 5.92 Å². The van der Waals surface area contributed by atoms with E-state index in [4.69, 9.17) is 5.11 Å². The summed E-state index contributed by atoms with van der Waals surface area (Å²) in [6.07, 6.45) is -1.02. The molecule has 1 saturated heterocycles. The molecule has 7 heteroatoms. The van der Waals surface area contributed by atoms with E-state index in [1.807, 2.05) is 56.3 Å². The van der Waals surface area contributed by atoms with Crippen molar-refractivity contribution in [2.75, 3.05) is 18.4 Å². The molecule has 0 bridgehead atoms. The normalized spacial score (nSPS) is 14.5. The fraction of sp³-hybridized carbons (Fsp3) is 0.240. The first-order valence-electron chi connectivity index (χ1n) is 10.5. The van der Waals surface area contributed by atoms with E-state index >= 15 is 0 Å². The first-order chi connectivity index (χ1) is 15.3. The average molecular weight is 431 g/mol. The number of amides is 3. The van der Waals surface area contributed by atoms with Gasteiger partial charge in [0.15, 0.2) is 0 Å². The van der Waals surface area contributed by atoms with Gasteiger partial charge in [-0.3, -0.25) is 9.59 Å². The Morgan fingerprint density at radius 1 is 1.03 bits per heavy atom. The number of hydrogen-bond acceptors (Lipinski definition) is 3. The Kier molecular flexibility index (Phi) is 5.81. The zero-order valence-electron chi connectivity index (χ0n) is 18.0. The van der Waals surface area contributed by atoms with Gasteiger partial charge in [0.1, 0.15) is 0 Å². The van der Waals surface area contributed by atoms with Crippen LogP contribution in [-0.4, -0.2) is 41.0 Å². The molecule has 1 fully saturated rings. The summed E-state index contributed by atoms with van der Waals surface area (Å²) in [5.74, 6) is -0.849. The van der Waals surface area contributed by atoms with Crippen molar-refractivity contribution in [2.45, 2.75) is 19.9 Å². The van der Waals surface area contributed by atoms with Crippen LogP contribution in [0, 0.1) is 12.8 Å². The number of carbonyl (C=O) groups excluding carboxylic acids is 2. The van der Waals surface area contributed by atoms with Crippen LogP contribution >= 0.6 is 0 Å². The Bertz CT molecular complexity index is 1200. The average Bonchev–Trinajstić information content (AvgIpc) is 2.73. The number of nitrogens with one attached hydrogen (secondary N) is 2. The van der Waals surface area contributed by atoms with E-state index in [1.54, 1.807) is 18.2 Å². The number of rotatable bonds is 5. The van der Waals surface area contributed by atoms with Crippen molar-refractivity contribution in [3.05, 3.63) is 77.4 Å². The summed E-state index contributed by atoms with van der Waals surface area (Å²) in [6, 6.07) is 19.1. The zero-order valence-corrected chi connectivity index (χ0v) is 18.0. The first kappa shape index (κ1) is 21.4. The minimum Gasteiger partial charge on any atom is -0.465 e. The van der Waals surface area contributed by atoms with E-state index in [-0.39, 0.29) is 36.9 Å². The molecule has 3 aromatic rings. The molecule has 4 rings (SSSR count). The fourth-order valence-corrected chi connectivity index (χ4v) is 3.97. The molecular weight excluding hydrogens is 406 g/mol. The minimum atomic E-state index is -1.02. The first-order valence-corrected chi connectivity index (χ1v) is 10.5. The van der Waals surface area contributed by atoms with Gasteiger partial charge in [-0.15, -0.1) is 0 Å².